The van der Waals surface area contributed by atoms with Gasteiger partial charge in [0.2, 0.25) is 11.8 Å². The van der Waals surface area contributed by atoms with Crippen LogP contribution in [0.5, 0.6) is 0 Å². The molecule has 0 aromatic heterocycles. The molecule has 2 rings (SSSR count). The average Bonchev–Trinajstić information content (AvgIpc) is 2.52. The molecule has 0 spiro atoms. The van der Waals surface area contributed by atoms with Crippen LogP contribution in [-0.4, -0.2) is 55.0 Å². The minimum Gasteiger partial charge on any atom is -0.355 e. The first-order valence-corrected chi connectivity index (χ1v) is 8.09. The number of amides is 2. The minimum absolute atomic E-state index is 0.0275. The Kier molecular flexibility index (Phi) is 5.58. The standard InChI is InChI=1S/C15H28N4O2/c1-15(6-2-3-8-18-15)14(21)19-10-4-5-12(11-19)13(20)17-9-7-16/h12,18H,2-11,16H2,1H3,(H,17,20). The van der Waals surface area contributed by atoms with E-state index in [0.29, 0.717) is 19.6 Å². The fourth-order valence-electron chi connectivity index (χ4n) is 3.30. The van der Waals surface area contributed by atoms with Crippen LogP contribution in [-0.2, 0) is 9.59 Å². The van der Waals surface area contributed by atoms with Gasteiger partial charge in [0.15, 0.2) is 0 Å². The Morgan fingerprint density at radius 3 is 2.86 bits per heavy atom. The molecular weight excluding hydrogens is 268 g/mol. The van der Waals surface area contributed by atoms with E-state index in [2.05, 4.69) is 10.6 Å². The van der Waals surface area contributed by atoms with Gasteiger partial charge in [0, 0.05) is 26.2 Å². The molecule has 0 radical (unpaired) electrons. The smallest absolute Gasteiger partial charge is 0.242 e. The molecule has 2 heterocycles. The summed E-state index contributed by atoms with van der Waals surface area (Å²) in [6.07, 6.45) is 4.84. The summed E-state index contributed by atoms with van der Waals surface area (Å²) >= 11 is 0. The number of nitrogens with one attached hydrogen (secondary N) is 2. The Balaban J connectivity index is 1.93. The average molecular weight is 296 g/mol. The summed E-state index contributed by atoms with van der Waals surface area (Å²) in [4.78, 5) is 26.7. The van der Waals surface area contributed by atoms with E-state index in [9.17, 15) is 9.59 Å². The van der Waals surface area contributed by atoms with E-state index in [1.807, 2.05) is 11.8 Å². The van der Waals surface area contributed by atoms with Crippen molar-refractivity contribution in [3.63, 3.8) is 0 Å². The van der Waals surface area contributed by atoms with Gasteiger partial charge in [-0.25, -0.2) is 0 Å². The quantitative estimate of drug-likeness (QED) is 0.672. The van der Waals surface area contributed by atoms with E-state index >= 15 is 0 Å². The molecule has 4 N–H and O–H groups in total. The Labute approximate surface area is 126 Å². The van der Waals surface area contributed by atoms with E-state index in [-0.39, 0.29) is 17.7 Å². The van der Waals surface area contributed by atoms with Crippen LogP contribution in [0.4, 0.5) is 0 Å². The number of likely N-dealkylation sites (tertiary alicyclic amines) is 1. The van der Waals surface area contributed by atoms with Crippen LogP contribution in [0.15, 0.2) is 0 Å². The van der Waals surface area contributed by atoms with E-state index in [1.54, 1.807) is 0 Å². The van der Waals surface area contributed by atoms with Crippen molar-refractivity contribution < 1.29 is 9.59 Å². The summed E-state index contributed by atoms with van der Waals surface area (Å²) in [5.41, 5.74) is 4.96. The molecule has 0 aromatic rings. The van der Waals surface area contributed by atoms with Gasteiger partial charge in [-0.1, -0.05) is 0 Å². The summed E-state index contributed by atoms with van der Waals surface area (Å²) in [6.45, 7) is 5.14. The van der Waals surface area contributed by atoms with Crippen LogP contribution in [0, 0.1) is 5.92 Å². The van der Waals surface area contributed by atoms with Crippen molar-refractivity contribution in [2.24, 2.45) is 11.7 Å². The normalized spacial score (nSPS) is 30.0. The molecule has 6 nitrogen and oxygen atoms in total. The molecule has 0 aliphatic carbocycles. The van der Waals surface area contributed by atoms with Crippen molar-refractivity contribution >= 4 is 11.8 Å². The van der Waals surface area contributed by atoms with E-state index < -0.39 is 5.54 Å². The summed E-state index contributed by atoms with van der Waals surface area (Å²) < 4.78 is 0. The van der Waals surface area contributed by atoms with Crippen LogP contribution < -0.4 is 16.4 Å². The molecule has 2 aliphatic rings. The number of carbonyl (C=O) groups is 2. The second-order valence-electron chi connectivity index (χ2n) is 6.39. The van der Waals surface area contributed by atoms with Gasteiger partial charge in [0.1, 0.15) is 0 Å². The highest BCUT2D eigenvalue weighted by atomic mass is 16.2. The lowest BCUT2D eigenvalue weighted by Gasteiger charge is -2.41. The highest BCUT2D eigenvalue weighted by Crippen LogP contribution is 2.25. The third-order valence-corrected chi connectivity index (χ3v) is 4.61. The fraction of sp³-hybridized carbons (Fsp3) is 0.867. The molecule has 2 aliphatic heterocycles. The van der Waals surface area contributed by atoms with Crippen LogP contribution in [0.2, 0.25) is 0 Å². The van der Waals surface area contributed by atoms with Crippen LogP contribution in [0.1, 0.15) is 39.0 Å². The number of hydrogen-bond donors (Lipinski definition) is 3. The molecule has 6 heteroatoms. The Morgan fingerprint density at radius 2 is 2.19 bits per heavy atom. The Hall–Kier alpha value is -1.14. The van der Waals surface area contributed by atoms with E-state index in [0.717, 1.165) is 45.2 Å². The monoisotopic (exact) mass is 296 g/mol. The second-order valence-corrected chi connectivity index (χ2v) is 6.39. The Morgan fingerprint density at radius 1 is 1.38 bits per heavy atom. The molecule has 0 bridgehead atoms. The first-order valence-electron chi connectivity index (χ1n) is 8.09. The number of hydrogen-bond acceptors (Lipinski definition) is 4. The number of piperidine rings is 2. The SMILES string of the molecule is CC1(C(=O)N2CCCC(C(=O)NCCN)C2)CCCCN1. The van der Waals surface area contributed by atoms with Crippen LogP contribution >= 0.6 is 0 Å². The van der Waals surface area contributed by atoms with Crippen molar-refractivity contribution in [3.05, 3.63) is 0 Å². The summed E-state index contributed by atoms with van der Waals surface area (Å²) in [7, 11) is 0. The van der Waals surface area contributed by atoms with Gasteiger partial charge < -0.3 is 21.3 Å². The molecule has 21 heavy (non-hydrogen) atoms. The van der Waals surface area contributed by atoms with Gasteiger partial charge in [0.25, 0.3) is 0 Å². The van der Waals surface area contributed by atoms with Gasteiger partial charge in [-0.3, -0.25) is 9.59 Å². The molecule has 2 atom stereocenters. The van der Waals surface area contributed by atoms with Crippen molar-refractivity contribution in [2.75, 3.05) is 32.7 Å². The molecule has 0 aromatic carbocycles. The van der Waals surface area contributed by atoms with Gasteiger partial charge in [-0.15, -0.1) is 0 Å². The molecular formula is C15H28N4O2. The Bertz CT molecular complexity index is 380. The predicted molar refractivity (Wildman–Crippen MR) is 81.6 cm³/mol. The van der Waals surface area contributed by atoms with Crippen LogP contribution in [0.3, 0.4) is 0 Å². The summed E-state index contributed by atoms with van der Waals surface area (Å²) in [5.74, 6) is 0.0830. The molecule has 2 amide bonds. The first-order chi connectivity index (χ1) is 10.1. The van der Waals surface area contributed by atoms with Gasteiger partial charge in [-0.2, -0.15) is 0 Å². The number of rotatable bonds is 4. The lowest BCUT2D eigenvalue weighted by molar-refractivity contribution is -0.142. The lowest BCUT2D eigenvalue weighted by Crippen LogP contribution is -2.60. The van der Waals surface area contributed by atoms with Crippen molar-refractivity contribution in [1.82, 2.24) is 15.5 Å². The maximum absolute atomic E-state index is 12.8. The largest absolute Gasteiger partial charge is 0.355 e. The predicted octanol–water partition coefficient (Wildman–Crippen LogP) is -0.168. The van der Waals surface area contributed by atoms with E-state index in [4.69, 9.17) is 5.73 Å². The van der Waals surface area contributed by atoms with Gasteiger partial charge in [0.05, 0.1) is 11.5 Å². The van der Waals surface area contributed by atoms with Crippen molar-refractivity contribution in [1.29, 1.82) is 0 Å². The zero-order valence-corrected chi connectivity index (χ0v) is 13.0. The number of carbonyl (C=O) groups excluding carboxylic acids is 2. The zero-order valence-electron chi connectivity index (χ0n) is 13.0. The summed E-state index contributed by atoms with van der Waals surface area (Å²) in [5, 5.41) is 6.20. The van der Waals surface area contributed by atoms with Crippen molar-refractivity contribution in [3.8, 4) is 0 Å². The van der Waals surface area contributed by atoms with Gasteiger partial charge in [-0.05, 0) is 45.6 Å². The fourth-order valence-corrected chi connectivity index (χ4v) is 3.30. The first kappa shape index (κ1) is 16.2. The lowest BCUT2D eigenvalue weighted by atomic mass is 9.87. The number of nitrogens with two attached hydrogens (primary N) is 1. The van der Waals surface area contributed by atoms with Crippen molar-refractivity contribution in [2.45, 2.75) is 44.6 Å². The maximum Gasteiger partial charge on any atom is 0.242 e. The molecule has 2 saturated heterocycles. The molecule has 120 valence electrons. The third-order valence-electron chi connectivity index (χ3n) is 4.61. The zero-order chi connectivity index (χ0) is 15.3. The topological polar surface area (TPSA) is 87.5 Å². The second kappa shape index (κ2) is 7.22. The summed E-state index contributed by atoms with van der Waals surface area (Å²) in [6, 6.07) is 0. The minimum atomic E-state index is -0.451. The third kappa shape index (κ3) is 3.95. The van der Waals surface area contributed by atoms with Crippen LogP contribution in [0.25, 0.3) is 0 Å². The highest BCUT2D eigenvalue weighted by molar-refractivity contribution is 5.87. The molecule has 2 unspecified atom stereocenters. The maximum atomic E-state index is 12.8. The highest BCUT2D eigenvalue weighted by Gasteiger charge is 2.39. The molecule has 2 fully saturated rings. The number of nitrogens with zero attached hydrogens (tertiary/aromatic N) is 1. The van der Waals surface area contributed by atoms with Gasteiger partial charge >= 0.3 is 0 Å². The van der Waals surface area contributed by atoms with E-state index in [1.165, 1.54) is 0 Å². The molecule has 0 saturated carbocycles.